The summed E-state index contributed by atoms with van der Waals surface area (Å²) in [5.41, 5.74) is 0.933. The zero-order chi connectivity index (χ0) is 14.5. The lowest BCUT2D eigenvalue weighted by atomic mass is 10.3. The number of H-pyrrole nitrogens is 1. The van der Waals surface area contributed by atoms with Crippen molar-refractivity contribution in [2.45, 2.75) is 33.4 Å². The van der Waals surface area contributed by atoms with Gasteiger partial charge in [-0.1, -0.05) is 0 Å². The molecule has 6 nitrogen and oxygen atoms in total. The standard InChI is InChI=1S/C13H19N5OS/c1-4-18(10(3)19)13-17-11(8-20-13)7-16-9(2)12-14-5-6-15-12/h5-6,8-9,16H,4,7H2,1-3H3,(H,14,15). The minimum Gasteiger partial charge on any atom is -0.347 e. The fraction of sp³-hybridized carbons (Fsp3) is 0.462. The molecule has 0 bridgehead atoms. The predicted molar refractivity (Wildman–Crippen MR) is 79.7 cm³/mol. The van der Waals surface area contributed by atoms with Crippen LogP contribution in [-0.2, 0) is 11.3 Å². The van der Waals surface area contributed by atoms with Crippen molar-refractivity contribution in [3.8, 4) is 0 Å². The Labute approximate surface area is 122 Å². The van der Waals surface area contributed by atoms with Gasteiger partial charge in [-0.05, 0) is 13.8 Å². The van der Waals surface area contributed by atoms with E-state index in [2.05, 4.69) is 20.3 Å². The zero-order valence-electron chi connectivity index (χ0n) is 11.9. The molecule has 2 aromatic rings. The molecule has 0 saturated carbocycles. The topological polar surface area (TPSA) is 73.9 Å². The molecular weight excluding hydrogens is 274 g/mol. The number of hydrogen-bond donors (Lipinski definition) is 2. The van der Waals surface area contributed by atoms with E-state index in [1.165, 1.54) is 11.3 Å². The minimum absolute atomic E-state index is 0.0188. The second kappa shape index (κ2) is 6.62. The maximum atomic E-state index is 11.5. The van der Waals surface area contributed by atoms with Crippen LogP contribution in [0.4, 0.5) is 5.13 Å². The molecule has 108 valence electrons. The maximum absolute atomic E-state index is 11.5. The molecule has 0 aliphatic heterocycles. The van der Waals surface area contributed by atoms with Gasteiger partial charge in [-0.15, -0.1) is 11.3 Å². The maximum Gasteiger partial charge on any atom is 0.225 e. The number of carbonyl (C=O) groups is 1. The first-order chi connectivity index (χ1) is 9.61. The second-order valence-corrected chi connectivity index (χ2v) is 5.30. The minimum atomic E-state index is 0.0188. The monoisotopic (exact) mass is 293 g/mol. The van der Waals surface area contributed by atoms with E-state index in [0.717, 1.165) is 16.6 Å². The number of thiazole rings is 1. The van der Waals surface area contributed by atoms with Crippen LogP contribution in [0.2, 0.25) is 0 Å². The average molecular weight is 293 g/mol. The fourth-order valence-electron chi connectivity index (χ4n) is 1.86. The van der Waals surface area contributed by atoms with E-state index in [-0.39, 0.29) is 11.9 Å². The Morgan fingerprint density at radius 1 is 1.60 bits per heavy atom. The van der Waals surface area contributed by atoms with Crippen molar-refractivity contribution in [2.75, 3.05) is 11.4 Å². The van der Waals surface area contributed by atoms with Gasteiger partial charge in [0.05, 0.1) is 11.7 Å². The van der Waals surface area contributed by atoms with Crippen molar-refractivity contribution in [1.82, 2.24) is 20.3 Å². The summed E-state index contributed by atoms with van der Waals surface area (Å²) < 4.78 is 0. The van der Waals surface area contributed by atoms with Gasteiger partial charge in [-0.3, -0.25) is 9.69 Å². The number of carbonyl (C=O) groups excluding carboxylic acids is 1. The zero-order valence-corrected chi connectivity index (χ0v) is 12.7. The molecule has 0 aliphatic carbocycles. The van der Waals surface area contributed by atoms with Crippen molar-refractivity contribution in [1.29, 1.82) is 0 Å². The highest BCUT2D eigenvalue weighted by Crippen LogP contribution is 2.21. The lowest BCUT2D eigenvalue weighted by Gasteiger charge is -2.14. The summed E-state index contributed by atoms with van der Waals surface area (Å²) in [6.07, 6.45) is 3.54. The lowest BCUT2D eigenvalue weighted by Crippen LogP contribution is -2.27. The number of nitrogens with one attached hydrogen (secondary N) is 2. The second-order valence-electron chi connectivity index (χ2n) is 4.46. The number of aromatic nitrogens is 3. The normalized spacial score (nSPS) is 12.3. The molecule has 2 N–H and O–H groups in total. The molecule has 1 unspecified atom stereocenters. The van der Waals surface area contributed by atoms with Crippen LogP contribution in [0.25, 0.3) is 0 Å². The first kappa shape index (κ1) is 14.7. The number of nitrogens with zero attached hydrogens (tertiary/aromatic N) is 3. The highest BCUT2D eigenvalue weighted by atomic mass is 32.1. The highest BCUT2D eigenvalue weighted by molar-refractivity contribution is 7.14. The van der Waals surface area contributed by atoms with Crippen molar-refractivity contribution in [3.63, 3.8) is 0 Å². The van der Waals surface area contributed by atoms with Gasteiger partial charge in [0.1, 0.15) is 5.82 Å². The quantitative estimate of drug-likeness (QED) is 0.855. The van der Waals surface area contributed by atoms with E-state index in [0.29, 0.717) is 13.1 Å². The summed E-state index contributed by atoms with van der Waals surface area (Å²) in [4.78, 5) is 24.9. The first-order valence-corrected chi connectivity index (χ1v) is 7.45. The van der Waals surface area contributed by atoms with Crippen LogP contribution < -0.4 is 10.2 Å². The van der Waals surface area contributed by atoms with Crippen molar-refractivity contribution >= 4 is 22.4 Å². The summed E-state index contributed by atoms with van der Waals surface area (Å²) in [7, 11) is 0. The van der Waals surface area contributed by atoms with E-state index >= 15 is 0 Å². The number of amides is 1. The van der Waals surface area contributed by atoms with Gasteiger partial charge in [0.25, 0.3) is 0 Å². The Morgan fingerprint density at radius 2 is 2.40 bits per heavy atom. The van der Waals surface area contributed by atoms with Crippen LogP contribution in [-0.4, -0.2) is 27.4 Å². The van der Waals surface area contributed by atoms with Crippen LogP contribution >= 0.6 is 11.3 Å². The van der Waals surface area contributed by atoms with Crippen LogP contribution in [0, 0.1) is 0 Å². The Morgan fingerprint density at radius 3 is 3.00 bits per heavy atom. The Balaban J connectivity index is 1.94. The summed E-state index contributed by atoms with van der Waals surface area (Å²) in [5, 5.41) is 6.08. The molecule has 0 aromatic carbocycles. The van der Waals surface area contributed by atoms with E-state index in [1.54, 1.807) is 24.2 Å². The van der Waals surface area contributed by atoms with Crippen molar-refractivity contribution in [2.24, 2.45) is 0 Å². The van der Waals surface area contributed by atoms with Gasteiger partial charge in [0.15, 0.2) is 5.13 Å². The van der Waals surface area contributed by atoms with Gasteiger partial charge in [-0.2, -0.15) is 0 Å². The SMILES string of the molecule is CCN(C(C)=O)c1nc(CNC(C)c2ncc[nH]2)cs1. The molecular formula is C13H19N5OS. The molecule has 1 atom stereocenters. The summed E-state index contributed by atoms with van der Waals surface area (Å²) >= 11 is 1.49. The third-order valence-corrected chi connectivity index (χ3v) is 3.90. The number of anilines is 1. The van der Waals surface area contributed by atoms with E-state index in [1.807, 2.05) is 19.2 Å². The molecule has 2 rings (SSSR count). The summed E-state index contributed by atoms with van der Waals surface area (Å²) in [6.45, 7) is 6.83. The molecule has 2 aromatic heterocycles. The average Bonchev–Trinajstić information content (AvgIpc) is 3.08. The number of aromatic amines is 1. The third-order valence-electron chi connectivity index (χ3n) is 2.99. The Hall–Kier alpha value is -1.73. The fourth-order valence-corrected chi connectivity index (χ4v) is 2.80. The number of imidazole rings is 1. The van der Waals surface area contributed by atoms with Gasteiger partial charge >= 0.3 is 0 Å². The predicted octanol–water partition coefficient (Wildman–Crippen LogP) is 2.09. The van der Waals surface area contributed by atoms with Crippen LogP contribution in [0.5, 0.6) is 0 Å². The largest absolute Gasteiger partial charge is 0.347 e. The van der Waals surface area contributed by atoms with Crippen molar-refractivity contribution < 1.29 is 4.79 Å². The molecule has 7 heteroatoms. The molecule has 0 fully saturated rings. The van der Waals surface area contributed by atoms with Gasteiger partial charge in [0, 0.05) is 37.8 Å². The van der Waals surface area contributed by atoms with Crippen LogP contribution in [0.3, 0.4) is 0 Å². The Kier molecular flexibility index (Phi) is 4.86. The number of hydrogen-bond acceptors (Lipinski definition) is 5. The van der Waals surface area contributed by atoms with E-state index in [9.17, 15) is 4.79 Å². The molecule has 0 saturated heterocycles. The van der Waals surface area contributed by atoms with Gasteiger partial charge in [0.2, 0.25) is 5.91 Å². The van der Waals surface area contributed by atoms with Crippen LogP contribution in [0.1, 0.15) is 38.3 Å². The van der Waals surface area contributed by atoms with E-state index < -0.39 is 0 Å². The first-order valence-electron chi connectivity index (χ1n) is 6.57. The molecule has 2 heterocycles. The smallest absolute Gasteiger partial charge is 0.225 e. The van der Waals surface area contributed by atoms with E-state index in [4.69, 9.17) is 0 Å². The molecule has 0 aliphatic rings. The Bertz CT molecular complexity index is 551. The molecule has 0 spiro atoms. The summed E-state index contributed by atoms with van der Waals surface area (Å²) in [5.74, 6) is 0.921. The molecule has 20 heavy (non-hydrogen) atoms. The summed E-state index contributed by atoms with van der Waals surface area (Å²) in [6, 6.07) is 0.130. The van der Waals surface area contributed by atoms with Gasteiger partial charge in [-0.25, -0.2) is 9.97 Å². The molecule has 1 amide bonds. The van der Waals surface area contributed by atoms with Crippen molar-refractivity contribution in [3.05, 3.63) is 29.3 Å². The third kappa shape index (κ3) is 3.43. The highest BCUT2D eigenvalue weighted by Gasteiger charge is 2.14. The van der Waals surface area contributed by atoms with Gasteiger partial charge < -0.3 is 10.3 Å². The number of rotatable bonds is 6. The lowest BCUT2D eigenvalue weighted by molar-refractivity contribution is -0.116. The van der Waals surface area contributed by atoms with Crippen LogP contribution in [0.15, 0.2) is 17.8 Å². The molecule has 0 radical (unpaired) electrons.